The van der Waals surface area contributed by atoms with Crippen LogP contribution in [-0.2, 0) is 9.59 Å². The normalized spacial score (nSPS) is 27.0. The maximum Gasteiger partial charge on any atom is 0.326 e. The molecule has 4 rings (SSSR count). The Hall–Kier alpha value is -3.79. The molecule has 4 atom stereocenters. The summed E-state index contributed by atoms with van der Waals surface area (Å²) < 4.78 is 30.6. The maximum absolute atomic E-state index is 16.2. The number of carbonyl (C=O) groups is 2. The van der Waals surface area contributed by atoms with Gasteiger partial charge in [-0.25, -0.2) is 13.6 Å². The van der Waals surface area contributed by atoms with E-state index < -0.39 is 41.4 Å². The second-order valence-corrected chi connectivity index (χ2v) is 7.88. The second kappa shape index (κ2) is 8.39. The van der Waals surface area contributed by atoms with Crippen molar-refractivity contribution >= 4 is 17.4 Å². The smallest absolute Gasteiger partial charge is 0.326 e. The minimum absolute atomic E-state index is 0.0577. The van der Waals surface area contributed by atoms with Crippen LogP contribution in [0.3, 0.4) is 0 Å². The van der Waals surface area contributed by atoms with Gasteiger partial charge < -0.3 is 10.0 Å². The molecule has 0 saturated carbocycles. The fraction of sp³-hybridized carbons (Fsp3) is 0.240. The van der Waals surface area contributed by atoms with E-state index in [1.165, 1.54) is 30.4 Å². The summed E-state index contributed by atoms with van der Waals surface area (Å²) in [4.78, 5) is 26.2. The van der Waals surface area contributed by atoms with Gasteiger partial charge in [0.25, 0.3) is 5.91 Å². The largest absolute Gasteiger partial charge is 0.480 e. The summed E-state index contributed by atoms with van der Waals surface area (Å²) in [5.74, 6) is -4.51. The number of likely N-dealkylation sites (tertiary alicyclic amines) is 1. The number of aliphatic carboxylic acids is 1. The maximum atomic E-state index is 16.2. The third kappa shape index (κ3) is 3.58. The Morgan fingerprint density at radius 3 is 2.44 bits per heavy atom. The first-order chi connectivity index (χ1) is 15.4. The summed E-state index contributed by atoms with van der Waals surface area (Å²) in [6.45, 7) is 0. The zero-order valence-corrected chi connectivity index (χ0v) is 17.0. The highest BCUT2D eigenvalue weighted by atomic mass is 19.1. The average molecular weight is 434 g/mol. The Labute approximate surface area is 183 Å². The number of hydrogen-bond donors (Lipinski definition) is 1. The van der Waals surface area contributed by atoms with Crippen molar-refractivity contribution in [2.75, 3.05) is 0 Å². The van der Waals surface area contributed by atoms with Gasteiger partial charge in [-0.1, -0.05) is 60.7 Å². The minimum Gasteiger partial charge on any atom is -0.480 e. The number of nitriles is 1. The summed E-state index contributed by atoms with van der Waals surface area (Å²) >= 11 is 0. The number of halogens is 2. The highest BCUT2D eigenvalue weighted by Crippen LogP contribution is 2.43. The molecule has 162 valence electrons. The molecule has 5 nitrogen and oxygen atoms in total. The Morgan fingerprint density at radius 2 is 1.78 bits per heavy atom. The van der Waals surface area contributed by atoms with Gasteiger partial charge in [0.05, 0.1) is 12.1 Å². The van der Waals surface area contributed by atoms with E-state index in [1.807, 2.05) is 12.1 Å². The fourth-order valence-electron chi connectivity index (χ4n) is 4.41. The molecule has 0 aromatic heterocycles. The van der Waals surface area contributed by atoms with Gasteiger partial charge in [0.15, 0.2) is 0 Å². The van der Waals surface area contributed by atoms with E-state index in [0.717, 1.165) is 16.5 Å². The zero-order valence-electron chi connectivity index (χ0n) is 17.0. The molecule has 1 aliphatic carbocycles. The van der Waals surface area contributed by atoms with Crippen LogP contribution in [0.15, 0.2) is 72.8 Å². The standard InChI is InChI=1S/C25H20F2N2O3/c26-20-9-5-4-8-19(20)21-10-11-22(23(30)31)29(21)24(32)25(27)13-12-17(14-18(25)15-28)16-6-2-1-3-7-16/h1-9,12-14,18,21-22H,10-11H2,(H,30,31)/t18?,21-,22+,25?/m1/s1. The van der Waals surface area contributed by atoms with Crippen molar-refractivity contribution in [2.24, 2.45) is 5.92 Å². The van der Waals surface area contributed by atoms with E-state index >= 15 is 4.39 Å². The van der Waals surface area contributed by atoms with E-state index in [9.17, 15) is 24.3 Å². The number of benzene rings is 2. The van der Waals surface area contributed by atoms with E-state index in [-0.39, 0.29) is 18.4 Å². The third-order valence-corrected chi connectivity index (χ3v) is 6.05. The third-order valence-electron chi connectivity index (χ3n) is 6.05. The van der Waals surface area contributed by atoms with Gasteiger partial charge >= 0.3 is 5.97 Å². The van der Waals surface area contributed by atoms with Crippen molar-refractivity contribution in [3.63, 3.8) is 0 Å². The van der Waals surface area contributed by atoms with Gasteiger partial charge in [-0.15, -0.1) is 0 Å². The van der Waals surface area contributed by atoms with Gasteiger partial charge in [0, 0.05) is 5.56 Å². The highest BCUT2D eigenvalue weighted by Gasteiger charge is 2.53. The molecule has 2 unspecified atom stereocenters. The minimum atomic E-state index is -2.77. The van der Waals surface area contributed by atoms with Crippen molar-refractivity contribution in [1.29, 1.82) is 5.26 Å². The molecule has 2 aromatic carbocycles. The summed E-state index contributed by atoms with van der Waals surface area (Å²) in [6, 6.07) is 14.3. The molecule has 2 aliphatic rings. The predicted octanol–water partition coefficient (Wildman–Crippen LogP) is 4.44. The summed E-state index contributed by atoms with van der Waals surface area (Å²) in [6.07, 6.45) is 4.04. The van der Waals surface area contributed by atoms with E-state index in [4.69, 9.17) is 0 Å². The van der Waals surface area contributed by atoms with Gasteiger partial charge in [-0.2, -0.15) is 5.26 Å². The molecule has 0 radical (unpaired) electrons. The Kier molecular flexibility index (Phi) is 5.62. The lowest BCUT2D eigenvalue weighted by atomic mass is 9.81. The molecule has 1 amide bonds. The van der Waals surface area contributed by atoms with Crippen LogP contribution in [0.4, 0.5) is 8.78 Å². The summed E-state index contributed by atoms with van der Waals surface area (Å²) in [7, 11) is 0. The van der Waals surface area contributed by atoms with E-state index in [2.05, 4.69) is 0 Å². The number of amides is 1. The quantitative estimate of drug-likeness (QED) is 0.771. The van der Waals surface area contributed by atoms with Gasteiger partial charge in [0.1, 0.15) is 17.8 Å². The molecule has 0 bridgehead atoms. The average Bonchev–Trinajstić information content (AvgIpc) is 3.25. The highest BCUT2D eigenvalue weighted by molar-refractivity contribution is 5.95. The van der Waals surface area contributed by atoms with Crippen molar-refractivity contribution in [1.82, 2.24) is 4.90 Å². The van der Waals surface area contributed by atoms with Crippen molar-refractivity contribution in [2.45, 2.75) is 30.6 Å². The van der Waals surface area contributed by atoms with E-state index in [1.54, 1.807) is 30.3 Å². The molecule has 1 aliphatic heterocycles. The van der Waals surface area contributed by atoms with Crippen molar-refractivity contribution in [3.05, 3.63) is 89.8 Å². The molecule has 1 heterocycles. The van der Waals surface area contributed by atoms with Crippen LogP contribution >= 0.6 is 0 Å². The number of allylic oxidation sites excluding steroid dienone is 3. The summed E-state index contributed by atoms with van der Waals surface area (Å²) in [5, 5.41) is 19.3. The zero-order chi connectivity index (χ0) is 22.9. The Bertz CT molecular complexity index is 1160. The SMILES string of the molecule is N#CC1C=C(c2ccccc2)C=CC1(F)C(=O)N1[C@@H](c2ccccc2F)CC[C@H]1C(=O)O. The molecular weight excluding hydrogens is 414 g/mol. The van der Waals surface area contributed by atoms with Crippen LogP contribution in [0, 0.1) is 23.1 Å². The lowest BCUT2D eigenvalue weighted by Crippen LogP contribution is -2.53. The van der Waals surface area contributed by atoms with Crippen LogP contribution in [-0.4, -0.2) is 33.6 Å². The number of carbonyl (C=O) groups excluding carboxylic acids is 1. The fourth-order valence-corrected chi connectivity index (χ4v) is 4.41. The number of rotatable bonds is 4. The number of alkyl halides is 1. The van der Waals surface area contributed by atoms with Gasteiger partial charge in [-0.3, -0.25) is 4.79 Å². The first-order valence-corrected chi connectivity index (χ1v) is 10.2. The Balaban J connectivity index is 1.73. The van der Waals surface area contributed by atoms with Gasteiger partial charge in [-0.05, 0) is 36.1 Å². The van der Waals surface area contributed by atoms with Crippen LogP contribution in [0.2, 0.25) is 0 Å². The van der Waals surface area contributed by atoms with Gasteiger partial charge in [0.2, 0.25) is 5.67 Å². The molecule has 1 N–H and O–H groups in total. The molecule has 0 spiro atoms. The monoisotopic (exact) mass is 434 g/mol. The Morgan fingerprint density at radius 1 is 1.09 bits per heavy atom. The molecule has 1 saturated heterocycles. The van der Waals surface area contributed by atoms with Crippen LogP contribution in [0.25, 0.3) is 5.57 Å². The number of carboxylic acids is 1. The summed E-state index contributed by atoms with van der Waals surface area (Å²) in [5.41, 5.74) is -1.30. The molecule has 2 aromatic rings. The second-order valence-electron chi connectivity index (χ2n) is 7.88. The van der Waals surface area contributed by atoms with E-state index in [0.29, 0.717) is 5.57 Å². The lowest BCUT2D eigenvalue weighted by molar-refractivity contribution is -0.155. The lowest BCUT2D eigenvalue weighted by Gasteiger charge is -2.36. The topological polar surface area (TPSA) is 81.4 Å². The van der Waals surface area contributed by atoms with Crippen LogP contribution < -0.4 is 0 Å². The first-order valence-electron chi connectivity index (χ1n) is 10.2. The molecule has 1 fully saturated rings. The first kappa shape index (κ1) is 21.4. The predicted molar refractivity (Wildman–Crippen MR) is 113 cm³/mol. The molecular formula is C25H20F2N2O3. The van der Waals surface area contributed by atoms with Crippen molar-refractivity contribution < 1.29 is 23.5 Å². The van der Waals surface area contributed by atoms with Crippen LogP contribution in [0.1, 0.15) is 30.0 Å². The number of hydrogen-bond acceptors (Lipinski definition) is 3. The number of nitrogens with zero attached hydrogens (tertiary/aromatic N) is 2. The van der Waals surface area contributed by atoms with Crippen LogP contribution in [0.5, 0.6) is 0 Å². The number of carboxylic acid groups (broad SMARTS) is 1. The molecule has 7 heteroatoms. The van der Waals surface area contributed by atoms with Crippen molar-refractivity contribution in [3.8, 4) is 6.07 Å². The molecule has 32 heavy (non-hydrogen) atoms.